The molecule has 0 unspecified atom stereocenters. The van der Waals surface area contributed by atoms with E-state index in [2.05, 4.69) is 5.32 Å². The van der Waals surface area contributed by atoms with Gasteiger partial charge in [0.05, 0.1) is 0 Å². The minimum atomic E-state index is -0.278. The van der Waals surface area contributed by atoms with Gasteiger partial charge in [-0.25, -0.2) is 4.39 Å². The highest BCUT2D eigenvalue weighted by Crippen LogP contribution is 2.14. The Hall–Kier alpha value is -2.16. The van der Waals surface area contributed by atoms with Crippen LogP contribution in [0.3, 0.4) is 0 Å². The van der Waals surface area contributed by atoms with Crippen LogP contribution >= 0.6 is 0 Å². The average Bonchev–Trinajstić information content (AvgIpc) is 2.44. The predicted molar refractivity (Wildman–Crippen MR) is 79.8 cm³/mol. The van der Waals surface area contributed by atoms with Gasteiger partial charge in [-0.1, -0.05) is 18.2 Å². The van der Waals surface area contributed by atoms with Crippen molar-refractivity contribution in [3.8, 4) is 0 Å². The molecule has 104 valence electrons. The van der Waals surface area contributed by atoms with Crippen molar-refractivity contribution in [1.29, 1.82) is 0 Å². The molecule has 0 saturated heterocycles. The predicted octanol–water partition coefficient (Wildman–Crippen LogP) is 4.13. The zero-order chi connectivity index (χ0) is 14.5. The van der Waals surface area contributed by atoms with E-state index in [1.165, 1.54) is 6.07 Å². The topological polar surface area (TPSA) is 29.1 Å². The number of carbonyl (C=O) groups is 1. The summed E-state index contributed by atoms with van der Waals surface area (Å²) >= 11 is 0. The van der Waals surface area contributed by atoms with Crippen molar-refractivity contribution in [2.75, 3.05) is 11.9 Å². The summed E-state index contributed by atoms with van der Waals surface area (Å²) in [5, 5.41) is 3.24. The second-order valence-electron chi connectivity index (χ2n) is 4.88. The smallest absolute Gasteiger partial charge is 0.164 e. The number of nitrogens with one attached hydrogen (secondary N) is 1. The number of ketones is 1. The van der Waals surface area contributed by atoms with Crippen LogP contribution in [0.25, 0.3) is 0 Å². The van der Waals surface area contributed by atoms with Crippen molar-refractivity contribution in [1.82, 2.24) is 0 Å². The Labute approximate surface area is 118 Å². The van der Waals surface area contributed by atoms with Gasteiger partial charge in [0.15, 0.2) is 5.78 Å². The molecular weight excluding hydrogens is 253 g/mol. The maximum Gasteiger partial charge on any atom is 0.164 e. The number of carbonyl (C=O) groups excluding carboxylic acids is 1. The van der Waals surface area contributed by atoms with Gasteiger partial charge < -0.3 is 5.32 Å². The molecule has 0 atom stereocenters. The van der Waals surface area contributed by atoms with Gasteiger partial charge in [-0.05, 0) is 49.2 Å². The maximum absolute atomic E-state index is 13.2. The van der Waals surface area contributed by atoms with Gasteiger partial charge in [0.1, 0.15) is 5.82 Å². The number of hydrogen-bond acceptors (Lipinski definition) is 2. The van der Waals surface area contributed by atoms with Crippen LogP contribution in [0.1, 0.15) is 27.9 Å². The molecule has 0 amide bonds. The molecule has 20 heavy (non-hydrogen) atoms. The van der Waals surface area contributed by atoms with Crippen molar-refractivity contribution in [2.24, 2.45) is 0 Å². The summed E-state index contributed by atoms with van der Waals surface area (Å²) in [5.74, 6) is -0.256. The Kier molecular flexibility index (Phi) is 4.51. The third kappa shape index (κ3) is 3.44. The lowest BCUT2D eigenvalue weighted by molar-refractivity contribution is 0.0986. The van der Waals surface area contributed by atoms with E-state index in [1.807, 2.05) is 31.2 Å². The van der Waals surface area contributed by atoms with Gasteiger partial charge in [0.2, 0.25) is 0 Å². The van der Waals surface area contributed by atoms with Crippen LogP contribution in [0.2, 0.25) is 0 Å². The number of rotatable bonds is 5. The molecule has 0 fully saturated rings. The van der Waals surface area contributed by atoms with E-state index in [1.54, 1.807) is 19.1 Å². The van der Waals surface area contributed by atoms with E-state index in [4.69, 9.17) is 0 Å². The summed E-state index contributed by atoms with van der Waals surface area (Å²) in [6.45, 7) is 4.26. The summed E-state index contributed by atoms with van der Waals surface area (Å²) in [5.41, 5.74) is 3.26. The number of hydrogen-bond donors (Lipinski definition) is 1. The summed E-state index contributed by atoms with van der Waals surface area (Å²) < 4.78 is 13.2. The van der Waals surface area contributed by atoms with Crippen LogP contribution in [-0.2, 0) is 0 Å². The molecule has 3 heteroatoms. The first-order valence-electron chi connectivity index (χ1n) is 6.67. The molecule has 0 saturated carbocycles. The van der Waals surface area contributed by atoms with Crippen molar-refractivity contribution in [3.63, 3.8) is 0 Å². The molecule has 0 aromatic heterocycles. The first-order chi connectivity index (χ1) is 9.58. The maximum atomic E-state index is 13.2. The van der Waals surface area contributed by atoms with Gasteiger partial charge in [-0.15, -0.1) is 0 Å². The fourth-order valence-electron chi connectivity index (χ4n) is 2.04. The van der Waals surface area contributed by atoms with E-state index in [9.17, 15) is 9.18 Å². The van der Waals surface area contributed by atoms with Crippen molar-refractivity contribution in [2.45, 2.75) is 20.3 Å². The average molecular weight is 271 g/mol. The number of benzene rings is 2. The third-order valence-electron chi connectivity index (χ3n) is 3.29. The molecule has 0 aliphatic carbocycles. The molecule has 2 aromatic carbocycles. The first kappa shape index (κ1) is 14.3. The summed E-state index contributed by atoms with van der Waals surface area (Å²) in [7, 11) is 0. The van der Waals surface area contributed by atoms with Crippen LogP contribution in [-0.4, -0.2) is 12.3 Å². The molecule has 0 spiro atoms. The molecule has 0 heterocycles. The van der Waals surface area contributed by atoms with Gasteiger partial charge in [0.25, 0.3) is 0 Å². The molecule has 1 N–H and O–H groups in total. The number of halogens is 1. The van der Waals surface area contributed by atoms with Crippen LogP contribution in [0.5, 0.6) is 0 Å². The monoisotopic (exact) mass is 271 g/mol. The Morgan fingerprint density at radius 3 is 2.55 bits per heavy atom. The second-order valence-corrected chi connectivity index (χ2v) is 4.88. The second kappa shape index (κ2) is 6.33. The Bertz CT molecular complexity index is 622. The largest absolute Gasteiger partial charge is 0.384 e. The van der Waals surface area contributed by atoms with Gasteiger partial charge in [-0.3, -0.25) is 4.79 Å². The highest BCUT2D eigenvalue weighted by atomic mass is 19.1. The Morgan fingerprint density at radius 2 is 1.85 bits per heavy atom. The number of aryl methyl sites for hydroxylation is 2. The molecule has 0 bridgehead atoms. The van der Waals surface area contributed by atoms with Crippen molar-refractivity contribution < 1.29 is 9.18 Å². The van der Waals surface area contributed by atoms with E-state index >= 15 is 0 Å². The van der Waals surface area contributed by atoms with E-state index in [0.717, 1.165) is 11.3 Å². The van der Waals surface area contributed by atoms with E-state index < -0.39 is 0 Å². The third-order valence-corrected chi connectivity index (χ3v) is 3.29. The summed E-state index contributed by atoms with van der Waals surface area (Å²) in [4.78, 5) is 12.0. The van der Waals surface area contributed by atoms with Crippen LogP contribution in [0.4, 0.5) is 10.1 Å². The number of para-hydroxylation sites is 1. The zero-order valence-corrected chi connectivity index (χ0v) is 11.7. The quantitative estimate of drug-likeness (QED) is 0.828. The Morgan fingerprint density at radius 1 is 1.10 bits per heavy atom. The standard InChI is InChI=1S/C17H18FNO/c1-12-5-3-4-6-16(12)19-10-9-17(20)14-7-8-15(18)13(2)11-14/h3-8,11,19H,9-10H2,1-2H3. The molecule has 2 nitrogen and oxygen atoms in total. The van der Waals surface area contributed by atoms with Gasteiger partial charge in [-0.2, -0.15) is 0 Å². The normalized spacial score (nSPS) is 10.3. The Balaban J connectivity index is 1.92. The fourth-order valence-corrected chi connectivity index (χ4v) is 2.04. The summed E-state index contributed by atoms with van der Waals surface area (Å²) in [6.07, 6.45) is 0.388. The van der Waals surface area contributed by atoms with Crippen molar-refractivity contribution in [3.05, 3.63) is 65.0 Å². The molecule has 0 aliphatic rings. The van der Waals surface area contributed by atoms with Crippen LogP contribution in [0, 0.1) is 19.7 Å². The molecule has 2 aromatic rings. The number of anilines is 1. The minimum Gasteiger partial charge on any atom is -0.384 e. The zero-order valence-electron chi connectivity index (χ0n) is 11.7. The molecular formula is C17H18FNO. The first-order valence-corrected chi connectivity index (χ1v) is 6.67. The highest BCUT2D eigenvalue weighted by molar-refractivity contribution is 5.96. The van der Waals surface area contributed by atoms with Crippen LogP contribution in [0.15, 0.2) is 42.5 Å². The van der Waals surface area contributed by atoms with Crippen molar-refractivity contribution >= 4 is 11.5 Å². The van der Waals surface area contributed by atoms with Gasteiger partial charge >= 0.3 is 0 Å². The van der Waals surface area contributed by atoms with Gasteiger partial charge in [0, 0.05) is 24.2 Å². The SMILES string of the molecule is Cc1cc(C(=O)CCNc2ccccc2C)ccc1F. The lowest BCUT2D eigenvalue weighted by Gasteiger charge is -2.09. The van der Waals surface area contributed by atoms with E-state index in [0.29, 0.717) is 24.1 Å². The molecule has 0 radical (unpaired) electrons. The molecule has 2 rings (SSSR count). The fraction of sp³-hybridized carbons (Fsp3) is 0.235. The minimum absolute atomic E-state index is 0.0224. The summed E-state index contributed by atoms with van der Waals surface area (Å²) in [6, 6.07) is 12.4. The van der Waals surface area contributed by atoms with Crippen LogP contribution < -0.4 is 5.32 Å². The highest BCUT2D eigenvalue weighted by Gasteiger charge is 2.08. The lowest BCUT2D eigenvalue weighted by Crippen LogP contribution is -2.09. The molecule has 0 aliphatic heterocycles. The lowest BCUT2D eigenvalue weighted by atomic mass is 10.1. The van der Waals surface area contributed by atoms with E-state index in [-0.39, 0.29) is 11.6 Å². The number of Topliss-reactive ketones (excluding diaryl/α,β-unsaturated/α-hetero) is 1.